The van der Waals surface area contributed by atoms with Gasteiger partial charge in [-0.1, -0.05) is 154 Å². The molecule has 7 aromatic rings. The van der Waals surface area contributed by atoms with Gasteiger partial charge in [0.1, 0.15) is 11.2 Å². The highest BCUT2D eigenvalue weighted by Crippen LogP contribution is 2.47. The topological polar surface area (TPSA) is 16.4 Å². The van der Waals surface area contributed by atoms with Crippen LogP contribution in [0.4, 0.5) is 11.4 Å². The number of para-hydroxylation sites is 2. The first-order valence-electron chi connectivity index (χ1n) is 19.3. The molecule has 2 atom stereocenters. The van der Waals surface area contributed by atoms with E-state index in [2.05, 4.69) is 170 Å². The molecule has 1 aromatic heterocycles. The second kappa shape index (κ2) is 13.0. The Morgan fingerprint density at radius 1 is 0.642 bits per heavy atom. The second-order valence-corrected chi connectivity index (χ2v) is 15.4. The zero-order valence-corrected chi connectivity index (χ0v) is 30.2. The van der Waals surface area contributed by atoms with Crippen LogP contribution in [0.15, 0.2) is 180 Å². The first kappa shape index (κ1) is 31.8. The van der Waals surface area contributed by atoms with Gasteiger partial charge in [-0.2, -0.15) is 0 Å². The van der Waals surface area contributed by atoms with Gasteiger partial charge >= 0.3 is 0 Å². The lowest BCUT2D eigenvalue weighted by Gasteiger charge is -2.37. The van der Waals surface area contributed by atoms with Crippen molar-refractivity contribution in [3.05, 3.63) is 181 Å². The molecule has 1 fully saturated rings. The van der Waals surface area contributed by atoms with Crippen molar-refractivity contribution in [1.82, 2.24) is 0 Å². The molecule has 2 unspecified atom stereocenters. The van der Waals surface area contributed by atoms with Crippen LogP contribution in [0.3, 0.4) is 0 Å². The van der Waals surface area contributed by atoms with Gasteiger partial charge in [0.25, 0.3) is 0 Å². The predicted molar refractivity (Wildman–Crippen MR) is 224 cm³/mol. The minimum atomic E-state index is -0.0438. The van der Waals surface area contributed by atoms with E-state index in [4.69, 9.17) is 4.42 Å². The monoisotopic (exact) mass is 685 g/mol. The fourth-order valence-corrected chi connectivity index (χ4v) is 9.22. The number of fused-ring (bicyclic) bond motifs is 5. The van der Waals surface area contributed by atoms with E-state index in [1.807, 2.05) is 12.1 Å². The van der Waals surface area contributed by atoms with Crippen LogP contribution in [0.1, 0.15) is 50.5 Å². The summed E-state index contributed by atoms with van der Waals surface area (Å²) in [5.41, 5.74) is 11.6. The van der Waals surface area contributed by atoms with Gasteiger partial charge in [0.2, 0.25) is 0 Å². The largest absolute Gasteiger partial charge is 0.456 e. The average Bonchev–Trinajstić information content (AvgIpc) is 3.59. The van der Waals surface area contributed by atoms with Crippen molar-refractivity contribution in [1.29, 1.82) is 0 Å². The summed E-state index contributed by atoms with van der Waals surface area (Å²) in [6, 6.07) is 46.8. The zero-order chi connectivity index (χ0) is 35.4. The van der Waals surface area contributed by atoms with E-state index in [1.54, 1.807) is 0 Å². The first-order chi connectivity index (χ1) is 26.1. The Labute approximate surface area is 312 Å². The number of furan rings is 1. The number of rotatable bonds is 6. The Kier molecular flexibility index (Phi) is 7.79. The van der Waals surface area contributed by atoms with E-state index in [-0.39, 0.29) is 11.3 Å². The average molecular weight is 686 g/mol. The van der Waals surface area contributed by atoms with Gasteiger partial charge in [-0.3, -0.25) is 0 Å². The van der Waals surface area contributed by atoms with Gasteiger partial charge in [-0.05, 0) is 94.3 Å². The lowest BCUT2D eigenvalue weighted by molar-refractivity contribution is 0.445. The Morgan fingerprint density at radius 3 is 2.34 bits per heavy atom. The highest BCUT2D eigenvalue weighted by Gasteiger charge is 2.32. The summed E-state index contributed by atoms with van der Waals surface area (Å²) in [6.45, 7) is 2.33. The van der Waals surface area contributed by atoms with Gasteiger partial charge in [-0.25, -0.2) is 0 Å². The number of benzene rings is 6. The highest BCUT2D eigenvalue weighted by molar-refractivity contribution is 6.06. The normalized spacial score (nSPS) is 19.9. The van der Waals surface area contributed by atoms with Gasteiger partial charge in [0.05, 0.1) is 5.69 Å². The number of hydrogen-bond donors (Lipinski definition) is 0. The molecule has 258 valence electrons. The van der Waals surface area contributed by atoms with Crippen molar-refractivity contribution in [2.45, 2.75) is 44.9 Å². The predicted octanol–water partition coefficient (Wildman–Crippen LogP) is 14.5. The number of hydrogen-bond acceptors (Lipinski definition) is 2. The van der Waals surface area contributed by atoms with Crippen LogP contribution in [0.5, 0.6) is 0 Å². The first-order valence-corrected chi connectivity index (χ1v) is 19.3. The molecule has 3 aliphatic rings. The van der Waals surface area contributed by atoms with Crippen molar-refractivity contribution in [3.63, 3.8) is 0 Å². The molecule has 0 amide bonds. The molecule has 1 heterocycles. The molecule has 0 spiro atoms. The van der Waals surface area contributed by atoms with E-state index in [0.29, 0.717) is 5.92 Å². The second-order valence-electron chi connectivity index (χ2n) is 15.4. The third-order valence-electron chi connectivity index (χ3n) is 12.1. The molecule has 2 heteroatoms. The Balaban J connectivity index is 1.15. The van der Waals surface area contributed by atoms with Crippen LogP contribution in [-0.2, 0) is 0 Å². The van der Waals surface area contributed by atoms with E-state index in [0.717, 1.165) is 38.8 Å². The molecule has 1 saturated carbocycles. The van der Waals surface area contributed by atoms with Gasteiger partial charge in [0.15, 0.2) is 0 Å². The van der Waals surface area contributed by atoms with Crippen LogP contribution in [-0.4, -0.2) is 0 Å². The third-order valence-corrected chi connectivity index (χ3v) is 12.1. The third kappa shape index (κ3) is 5.56. The van der Waals surface area contributed by atoms with E-state index < -0.39 is 0 Å². The van der Waals surface area contributed by atoms with E-state index in [9.17, 15) is 0 Å². The Bertz CT molecular complexity index is 2640. The Morgan fingerprint density at radius 2 is 1.42 bits per heavy atom. The minimum absolute atomic E-state index is 0.0438. The molecule has 10 rings (SSSR count). The van der Waals surface area contributed by atoms with Gasteiger partial charge in [-0.15, -0.1) is 0 Å². The quantitative estimate of drug-likeness (QED) is 0.173. The molecule has 53 heavy (non-hydrogen) atoms. The number of nitrogens with zero attached hydrogens (tertiary/aromatic N) is 1. The number of anilines is 2. The standard InChI is InChI=1S/C51H43NO/c1-51-30-10-9-19-39(51)34-41(29-31-51)52(40-20-11-18-37(32-40)38-27-28-45-44-22-6-8-26-48(44)53-49(45)33-38)47-25-7-5-21-43(47)46-24-13-17-36-16-12-23-42(50(36)46)35-14-3-2-4-15-35/h5-13,16-35,39H,2-4,14-15H2,1H3. The molecule has 6 aromatic carbocycles. The summed E-state index contributed by atoms with van der Waals surface area (Å²) >= 11 is 0. The van der Waals surface area contributed by atoms with Crippen LogP contribution in [0, 0.1) is 11.3 Å². The zero-order valence-electron chi connectivity index (χ0n) is 30.2. The summed E-state index contributed by atoms with van der Waals surface area (Å²) in [5.74, 6) is 0.863. The lowest BCUT2D eigenvalue weighted by Crippen LogP contribution is -2.28. The SMILES string of the molecule is CC12C=CC=CC1C=C(N(c1cccc(-c3ccc4c(c3)oc3ccccc34)c1)c1ccccc1-c1cccc3cccc(C4CCCCC4)c13)C=C2. The van der Waals surface area contributed by atoms with Crippen LogP contribution in [0.2, 0.25) is 0 Å². The maximum absolute atomic E-state index is 6.33. The summed E-state index contributed by atoms with van der Waals surface area (Å²) in [4.78, 5) is 2.49. The fraction of sp³-hybridized carbons (Fsp3) is 0.176. The fourth-order valence-electron chi connectivity index (χ4n) is 9.22. The maximum Gasteiger partial charge on any atom is 0.136 e. The lowest BCUT2D eigenvalue weighted by atomic mass is 9.71. The molecular weight excluding hydrogens is 643 g/mol. The molecule has 2 nitrogen and oxygen atoms in total. The molecule has 0 bridgehead atoms. The van der Waals surface area contributed by atoms with Crippen molar-refractivity contribution in [3.8, 4) is 22.3 Å². The smallest absolute Gasteiger partial charge is 0.136 e. The van der Waals surface area contributed by atoms with Crippen molar-refractivity contribution in [2.24, 2.45) is 11.3 Å². The molecule has 3 aliphatic carbocycles. The minimum Gasteiger partial charge on any atom is -0.456 e. The maximum atomic E-state index is 6.33. The Hall–Kier alpha value is -5.86. The summed E-state index contributed by atoms with van der Waals surface area (Å²) in [6.07, 6.45) is 22.8. The summed E-state index contributed by atoms with van der Waals surface area (Å²) in [5, 5.41) is 5.03. The van der Waals surface area contributed by atoms with Crippen LogP contribution < -0.4 is 4.90 Å². The van der Waals surface area contributed by atoms with Crippen LogP contribution in [0.25, 0.3) is 55.0 Å². The van der Waals surface area contributed by atoms with E-state index in [1.165, 1.54) is 71.0 Å². The molecule has 0 aliphatic heterocycles. The van der Waals surface area contributed by atoms with Crippen LogP contribution >= 0.6 is 0 Å². The van der Waals surface area contributed by atoms with Crippen molar-refractivity contribution in [2.75, 3.05) is 4.90 Å². The summed E-state index contributed by atoms with van der Waals surface area (Å²) in [7, 11) is 0. The molecular formula is C51H43NO. The van der Waals surface area contributed by atoms with Gasteiger partial charge < -0.3 is 9.32 Å². The highest BCUT2D eigenvalue weighted by atomic mass is 16.3. The molecule has 0 saturated heterocycles. The van der Waals surface area contributed by atoms with Crippen molar-refractivity contribution >= 4 is 44.1 Å². The van der Waals surface area contributed by atoms with E-state index >= 15 is 0 Å². The molecule has 0 radical (unpaired) electrons. The van der Waals surface area contributed by atoms with Crippen molar-refractivity contribution < 1.29 is 4.42 Å². The van der Waals surface area contributed by atoms with Gasteiger partial charge in [0, 0.05) is 39.1 Å². The molecule has 0 N–H and O–H groups in total. The summed E-state index contributed by atoms with van der Waals surface area (Å²) < 4.78 is 6.33. The number of allylic oxidation sites excluding steroid dienone is 7.